The lowest BCUT2D eigenvalue weighted by Crippen LogP contribution is -2.44. The molecule has 2 saturated heterocycles. The van der Waals surface area contributed by atoms with Crippen LogP contribution in [0.2, 0.25) is 0 Å². The zero-order valence-electron chi connectivity index (χ0n) is 15.0. The number of ether oxygens (including phenoxy) is 3. The van der Waals surface area contributed by atoms with Crippen LogP contribution in [0, 0.1) is 0 Å². The molecule has 2 aliphatic rings. The van der Waals surface area contributed by atoms with Crippen LogP contribution in [0.3, 0.4) is 0 Å². The molecule has 0 aliphatic carbocycles. The fraction of sp³-hybridized carbons (Fsp3) is 0.875. The van der Waals surface area contributed by atoms with E-state index in [-0.39, 0.29) is 43.2 Å². The molecule has 0 aromatic carbocycles. The summed E-state index contributed by atoms with van der Waals surface area (Å²) in [6, 6.07) is -0.255. The van der Waals surface area contributed by atoms with Crippen LogP contribution in [-0.4, -0.2) is 80.4 Å². The topological polar surface area (TPSA) is 118 Å². The Morgan fingerprint density at radius 3 is 2.68 bits per heavy atom. The van der Waals surface area contributed by atoms with Crippen molar-refractivity contribution in [2.45, 2.75) is 63.3 Å². The molecule has 0 unspecified atom stereocenters. The highest BCUT2D eigenvalue weighted by molar-refractivity contribution is 5.76. The summed E-state index contributed by atoms with van der Waals surface area (Å²) >= 11 is 0. The SMILES string of the molecule is COCCNC(=O)NC[C@H]1O[C@@H]2C[C@@H](CC(=O)NC(C)C)O[C@@H]2[C@@H]1O. The largest absolute Gasteiger partial charge is 0.388 e. The van der Waals surface area contributed by atoms with E-state index in [1.165, 1.54) is 0 Å². The Balaban J connectivity index is 1.70. The molecule has 9 nitrogen and oxygen atoms in total. The van der Waals surface area contributed by atoms with Crippen molar-refractivity contribution in [3.63, 3.8) is 0 Å². The molecule has 3 amide bonds. The van der Waals surface area contributed by atoms with E-state index in [1.807, 2.05) is 13.8 Å². The number of methoxy groups -OCH3 is 1. The Labute approximate surface area is 147 Å². The van der Waals surface area contributed by atoms with E-state index in [4.69, 9.17) is 14.2 Å². The van der Waals surface area contributed by atoms with Gasteiger partial charge in [0.1, 0.15) is 18.3 Å². The molecule has 0 aromatic rings. The lowest BCUT2D eigenvalue weighted by molar-refractivity contribution is -0.125. The summed E-state index contributed by atoms with van der Waals surface area (Å²) in [5.74, 6) is -0.0691. The van der Waals surface area contributed by atoms with Crippen molar-refractivity contribution in [3.8, 4) is 0 Å². The van der Waals surface area contributed by atoms with Gasteiger partial charge >= 0.3 is 6.03 Å². The quantitative estimate of drug-likeness (QED) is 0.419. The van der Waals surface area contributed by atoms with E-state index in [9.17, 15) is 14.7 Å². The van der Waals surface area contributed by atoms with Gasteiger partial charge in [0.25, 0.3) is 0 Å². The lowest BCUT2D eigenvalue weighted by atomic mass is 10.1. The maximum Gasteiger partial charge on any atom is 0.314 e. The Morgan fingerprint density at radius 1 is 1.28 bits per heavy atom. The monoisotopic (exact) mass is 359 g/mol. The van der Waals surface area contributed by atoms with Gasteiger partial charge in [-0.05, 0) is 13.8 Å². The van der Waals surface area contributed by atoms with Gasteiger partial charge in [0, 0.05) is 32.7 Å². The Hall–Kier alpha value is -1.42. The first kappa shape index (κ1) is 19.9. The maximum absolute atomic E-state index is 11.8. The summed E-state index contributed by atoms with van der Waals surface area (Å²) in [6.45, 7) is 4.83. The van der Waals surface area contributed by atoms with Crippen LogP contribution in [0.15, 0.2) is 0 Å². The summed E-state index contributed by atoms with van der Waals surface area (Å²) < 4.78 is 16.4. The number of aliphatic hydroxyl groups excluding tert-OH is 1. The number of amides is 3. The van der Waals surface area contributed by atoms with Crippen LogP contribution < -0.4 is 16.0 Å². The Bertz CT molecular complexity index is 461. The minimum absolute atomic E-state index is 0.0691. The number of carbonyl (C=O) groups is 2. The third kappa shape index (κ3) is 5.81. The van der Waals surface area contributed by atoms with Gasteiger partial charge in [0.15, 0.2) is 0 Å². The van der Waals surface area contributed by atoms with Gasteiger partial charge in [-0.15, -0.1) is 0 Å². The predicted octanol–water partition coefficient (Wildman–Crippen LogP) is -0.867. The molecule has 0 saturated carbocycles. The number of hydrogen-bond donors (Lipinski definition) is 4. The van der Waals surface area contributed by atoms with Crippen molar-refractivity contribution >= 4 is 11.9 Å². The molecule has 25 heavy (non-hydrogen) atoms. The second kappa shape index (κ2) is 9.33. The molecule has 2 heterocycles. The summed E-state index contributed by atoms with van der Waals surface area (Å²) in [5, 5.41) is 18.5. The molecule has 0 aromatic heterocycles. The fourth-order valence-electron chi connectivity index (χ4n) is 3.12. The van der Waals surface area contributed by atoms with Crippen LogP contribution in [0.4, 0.5) is 4.79 Å². The van der Waals surface area contributed by atoms with Crippen LogP contribution in [0.1, 0.15) is 26.7 Å². The standard InChI is InChI=1S/C16H29N3O6/c1-9(2)19-13(20)7-10-6-11-15(24-10)14(21)12(25-11)8-18-16(22)17-4-5-23-3/h9-12,14-15,21H,4-8H2,1-3H3,(H,19,20)(H2,17,18,22)/t10-,11+,12+,14+,15-/m0/s1. The van der Waals surface area contributed by atoms with Gasteiger partial charge in [0.05, 0.1) is 25.2 Å². The molecule has 2 rings (SSSR count). The normalized spacial score (nSPS) is 31.0. The zero-order valence-corrected chi connectivity index (χ0v) is 15.0. The molecule has 0 bridgehead atoms. The second-order valence-electron chi connectivity index (χ2n) is 6.72. The first-order valence-electron chi connectivity index (χ1n) is 8.69. The predicted molar refractivity (Wildman–Crippen MR) is 89.1 cm³/mol. The molecular weight excluding hydrogens is 330 g/mol. The van der Waals surface area contributed by atoms with Crippen molar-refractivity contribution in [1.82, 2.24) is 16.0 Å². The van der Waals surface area contributed by atoms with Gasteiger partial charge in [-0.25, -0.2) is 4.79 Å². The number of fused-ring (bicyclic) bond motifs is 1. The lowest BCUT2D eigenvalue weighted by Gasteiger charge is -2.20. The number of urea groups is 1. The number of carbonyl (C=O) groups excluding carboxylic acids is 2. The average molecular weight is 359 g/mol. The summed E-state index contributed by atoms with van der Waals surface area (Å²) in [4.78, 5) is 23.4. The molecule has 2 aliphatic heterocycles. The van der Waals surface area contributed by atoms with Crippen molar-refractivity contribution in [3.05, 3.63) is 0 Å². The van der Waals surface area contributed by atoms with E-state index in [2.05, 4.69) is 16.0 Å². The van der Waals surface area contributed by atoms with Gasteiger partial charge in [-0.1, -0.05) is 0 Å². The summed E-state index contributed by atoms with van der Waals surface area (Å²) in [7, 11) is 1.56. The highest BCUT2D eigenvalue weighted by Gasteiger charge is 2.50. The Kier molecular flexibility index (Phi) is 7.42. The minimum atomic E-state index is -0.831. The van der Waals surface area contributed by atoms with Crippen LogP contribution in [-0.2, 0) is 19.0 Å². The molecule has 4 N–H and O–H groups in total. The summed E-state index contributed by atoms with van der Waals surface area (Å²) in [5.41, 5.74) is 0. The maximum atomic E-state index is 11.8. The molecular formula is C16H29N3O6. The molecule has 9 heteroatoms. The van der Waals surface area contributed by atoms with E-state index in [1.54, 1.807) is 7.11 Å². The van der Waals surface area contributed by atoms with Crippen molar-refractivity contribution in [1.29, 1.82) is 0 Å². The second-order valence-corrected chi connectivity index (χ2v) is 6.72. The number of rotatable bonds is 8. The number of hydrogen-bond acceptors (Lipinski definition) is 6. The van der Waals surface area contributed by atoms with Crippen LogP contribution in [0.5, 0.6) is 0 Å². The first-order valence-corrected chi connectivity index (χ1v) is 8.69. The third-order valence-corrected chi connectivity index (χ3v) is 4.20. The third-order valence-electron chi connectivity index (χ3n) is 4.20. The van der Waals surface area contributed by atoms with E-state index >= 15 is 0 Å². The van der Waals surface area contributed by atoms with Crippen molar-refractivity contribution in [2.75, 3.05) is 26.8 Å². The Morgan fingerprint density at radius 2 is 2.04 bits per heavy atom. The number of nitrogens with one attached hydrogen (secondary N) is 3. The van der Waals surface area contributed by atoms with Gasteiger partial charge < -0.3 is 35.3 Å². The van der Waals surface area contributed by atoms with Crippen LogP contribution >= 0.6 is 0 Å². The molecule has 0 spiro atoms. The first-order chi connectivity index (χ1) is 11.9. The summed E-state index contributed by atoms with van der Waals surface area (Å²) in [6.07, 6.45) is -1.50. The van der Waals surface area contributed by atoms with E-state index < -0.39 is 18.3 Å². The number of aliphatic hydroxyl groups is 1. The van der Waals surface area contributed by atoms with E-state index in [0.717, 1.165) is 0 Å². The molecule has 2 fully saturated rings. The minimum Gasteiger partial charge on any atom is -0.388 e. The average Bonchev–Trinajstić information content (AvgIpc) is 3.04. The fourth-order valence-corrected chi connectivity index (χ4v) is 3.12. The van der Waals surface area contributed by atoms with E-state index in [0.29, 0.717) is 19.6 Å². The zero-order chi connectivity index (χ0) is 18.4. The highest BCUT2D eigenvalue weighted by atomic mass is 16.6. The van der Waals surface area contributed by atoms with Crippen molar-refractivity contribution < 1.29 is 28.9 Å². The molecule has 144 valence electrons. The smallest absolute Gasteiger partial charge is 0.314 e. The van der Waals surface area contributed by atoms with Crippen molar-refractivity contribution in [2.24, 2.45) is 0 Å². The molecule has 5 atom stereocenters. The van der Waals surface area contributed by atoms with Gasteiger partial charge in [-0.3, -0.25) is 4.79 Å². The highest BCUT2D eigenvalue weighted by Crippen LogP contribution is 2.35. The van der Waals surface area contributed by atoms with Gasteiger partial charge in [-0.2, -0.15) is 0 Å². The van der Waals surface area contributed by atoms with Crippen LogP contribution in [0.25, 0.3) is 0 Å². The van der Waals surface area contributed by atoms with Gasteiger partial charge in [0.2, 0.25) is 5.91 Å². The molecule has 0 radical (unpaired) electrons.